The molecule has 3 nitrogen and oxygen atoms in total. The molecule has 0 spiro atoms. The Hall–Kier alpha value is -1.51. The van der Waals surface area contributed by atoms with Crippen LogP contribution in [0.2, 0.25) is 0 Å². The Morgan fingerprint density at radius 2 is 1.72 bits per heavy atom. The fourth-order valence-electron chi connectivity index (χ4n) is 2.70. The van der Waals surface area contributed by atoms with Crippen molar-refractivity contribution >= 4 is 5.78 Å². The number of rotatable bonds is 5. The number of Topliss-reactive ketones (excluding diaryl/α,β-unsaturated/α-hetero) is 1. The number of benzene rings is 1. The van der Waals surface area contributed by atoms with Gasteiger partial charge in [0.2, 0.25) is 0 Å². The Balaban J connectivity index is 2.21. The molecular weight excluding hydrogens is 228 g/mol. The number of ether oxygens (including phenoxy) is 2. The van der Waals surface area contributed by atoms with Crippen molar-refractivity contribution in [2.24, 2.45) is 5.92 Å². The highest BCUT2D eigenvalue weighted by Crippen LogP contribution is 2.34. The second-order valence-corrected chi connectivity index (χ2v) is 4.82. The van der Waals surface area contributed by atoms with Crippen LogP contribution in [-0.2, 0) is 0 Å². The SMILES string of the molecule is COc1cccc(OC)c1C(=O)CC1CCCC1. The van der Waals surface area contributed by atoms with E-state index >= 15 is 0 Å². The summed E-state index contributed by atoms with van der Waals surface area (Å²) in [4.78, 5) is 12.4. The fourth-order valence-corrected chi connectivity index (χ4v) is 2.70. The predicted octanol–water partition coefficient (Wildman–Crippen LogP) is 3.47. The first-order chi connectivity index (χ1) is 8.76. The first kappa shape index (κ1) is 12.9. The summed E-state index contributed by atoms with van der Waals surface area (Å²) in [5, 5.41) is 0. The number of methoxy groups -OCH3 is 2. The summed E-state index contributed by atoms with van der Waals surface area (Å²) in [5.41, 5.74) is 0.592. The van der Waals surface area contributed by atoms with E-state index in [4.69, 9.17) is 9.47 Å². The lowest BCUT2D eigenvalue weighted by molar-refractivity contribution is 0.0956. The van der Waals surface area contributed by atoms with Crippen molar-refractivity contribution in [3.05, 3.63) is 23.8 Å². The van der Waals surface area contributed by atoms with Crippen LogP contribution in [0.3, 0.4) is 0 Å². The molecule has 0 unspecified atom stereocenters. The largest absolute Gasteiger partial charge is 0.496 e. The van der Waals surface area contributed by atoms with E-state index in [-0.39, 0.29) is 5.78 Å². The van der Waals surface area contributed by atoms with Crippen LogP contribution < -0.4 is 9.47 Å². The highest BCUT2D eigenvalue weighted by molar-refractivity contribution is 6.01. The summed E-state index contributed by atoms with van der Waals surface area (Å²) in [5.74, 6) is 1.89. The molecule has 0 saturated heterocycles. The molecule has 0 aromatic heterocycles. The minimum atomic E-state index is 0.135. The van der Waals surface area contributed by atoms with Gasteiger partial charge in [-0.15, -0.1) is 0 Å². The average molecular weight is 248 g/mol. The molecule has 0 heterocycles. The van der Waals surface area contributed by atoms with E-state index in [1.165, 1.54) is 25.7 Å². The van der Waals surface area contributed by atoms with Crippen molar-refractivity contribution in [2.45, 2.75) is 32.1 Å². The first-order valence-electron chi connectivity index (χ1n) is 6.50. The van der Waals surface area contributed by atoms with Crippen LogP contribution in [0, 0.1) is 5.92 Å². The molecule has 98 valence electrons. The third-order valence-electron chi connectivity index (χ3n) is 3.66. The molecule has 0 amide bonds. The van der Waals surface area contributed by atoms with Crippen molar-refractivity contribution in [3.8, 4) is 11.5 Å². The van der Waals surface area contributed by atoms with Gasteiger partial charge in [-0.05, 0) is 18.1 Å². The van der Waals surface area contributed by atoms with Gasteiger partial charge in [-0.3, -0.25) is 4.79 Å². The molecule has 1 fully saturated rings. The molecule has 1 aliphatic rings. The van der Waals surface area contributed by atoms with Crippen LogP contribution in [0.25, 0.3) is 0 Å². The van der Waals surface area contributed by atoms with E-state index in [1.54, 1.807) is 14.2 Å². The maximum absolute atomic E-state index is 12.4. The number of carbonyl (C=O) groups excluding carboxylic acids is 1. The van der Waals surface area contributed by atoms with E-state index in [0.29, 0.717) is 29.4 Å². The summed E-state index contributed by atoms with van der Waals surface area (Å²) < 4.78 is 10.5. The van der Waals surface area contributed by atoms with Crippen molar-refractivity contribution in [2.75, 3.05) is 14.2 Å². The van der Waals surface area contributed by atoms with E-state index in [1.807, 2.05) is 18.2 Å². The topological polar surface area (TPSA) is 35.5 Å². The van der Waals surface area contributed by atoms with E-state index in [0.717, 1.165) is 0 Å². The highest BCUT2D eigenvalue weighted by Gasteiger charge is 2.23. The maximum Gasteiger partial charge on any atom is 0.170 e. The lowest BCUT2D eigenvalue weighted by atomic mass is 9.96. The molecule has 1 aliphatic carbocycles. The fraction of sp³-hybridized carbons (Fsp3) is 0.533. The standard InChI is InChI=1S/C15H20O3/c1-17-13-8-5-9-14(18-2)15(13)12(16)10-11-6-3-4-7-11/h5,8-9,11H,3-4,6-7,10H2,1-2H3. The Kier molecular flexibility index (Phi) is 4.24. The van der Waals surface area contributed by atoms with Gasteiger partial charge >= 0.3 is 0 Å². The quantitative estimate of drug-likeness (QED) is 0.748. The highest BCUT2D eigenvalue weighted by atomic mass is 16.5. The maximum atomic E-state index is 12.4. The number of hydrogen-bond donors (Lipinski definition) is 0. The van der Waals surface area contributed by atoms with Crippen LogP contribution in [0.4, 0.5) is 0 Å². The average Bonchev–Trinajstić information content (AvgIpc) is 2.90. The van der Waals surface area contributed by atoms with E-state index in [2.05, 4.69) is 0 Å². The minimum absolute atomic E-state index is 0.135. The molecule has 0 bridgehead atoms. The summed E-state index contributed by atoms with van der Waals surface area (Å²) in [6, 6.07) is 5.46. The molecule has 1 aromatic carbocycles. The van der Waals surface area contributed by atoms with Crippen molar-refractivity contribution in [3.63, 3.8) is 0 Å². The smallest absolute Gasteiger partial charge is 0.170 e. The molecule has 0 radical (unpaired) electrons. The number of carbonyl (C=O) groups is 1. The molecule has 18 heavy (non-hydrogen) atoms. The number of ketones is 1. The van der Waals surface area contributed by atoms with Gasteiger partial charge in [0.25, 0.3) is 0 Å². The summed E-state index contributed by atoms with van der Waals surface area (Å²) in [6.07, 6.45) is 5.45. The van der Waals surface area contributed by atoms with Gasteiger partial charge in [0.05, 0.1) is 14.2 Å². The van der Waals surface area contributed by atoms with E-state index in [9.17, 15) is 4.79 Å². The second kappa shape index (κ2) is 5.89. The lowest BCUT2D eigenvalue weighted by Gasteiger charge is -2.14. The van der Waals surface area contributed by atoms with Crippen LogP contribution in [0.15, 0.2) is 18.2 Å². The monoisotopic (exact) mass is 248 g/mol. The van der Waals surface area contributed by atoms with Gasteiger partial charge in [-0.2, -0.15) is 0 Å². The van der Waals surface area contributed by atoms with Gasteiger partial charge < -0.3 is 9.47 Å². The molecular formula is C15H20O3. The Morgan fingerprint density at radius 3 is 2.22 bits per heavy atom. The van der Waals surface area contributed by atoms with E-state index < -0.39 is 0 Å². The first-order valence-corrected chi connectivity index (χ1v) is 6.50. The zero-order chi connectivity index (χ0) is 13.0. The molecule has 1 aromatic rings. The zero-order valence-corrected chi connectivity index (χ0v) is 11.1. The summed E-state index contributed by atoms with van der Waals surface area (Å²) >= 11 is 0. The molecule has 3 heteroatoms. The van der Waals surface area contributed by atoms with Crippen LogP contribution in [0.1, 0.15) is 42.5 Å². The minimum Gasteiger partial charge on any atom is -0.496 e. The van der Waals surface area contributed by atoms with Crippen molar-refractivity contribution in [1.82, 2.24) is 0 Å². The van der Waals surface area contributed by atoms with Gasteiger partial charge in [0.1, 0.15) is 17.1 Å². The van der Waals surface area contributed by atoms with Gasteiger partial charge in [0, 0.05) is 6.42 Å². The third-order valence-corrected chi connectivity index (χ3v) is 3.66. The Labute approximate surface area is 108 Å². The van der Waals surface area contributed by atoms with Crippen LogP contribution >= 0.6 is 0 Å². The summed E-state index contributed by atoms with van der Waals surface area (Å²) in [6.45, 7) is 0. The Morgan fingerprint density at radius 1 is 1.17 bits per heavy atom. The molecule has 0 atom stereocenters. The number of hydrogen-bond acceptors (Lipinski definition) is 3. The molecule has 0 aliphatic heterocycles. The molecule has 2 rings (SSSR count). The van der Waals surface area contributed by atoms with Gasteiger partial charge in [-0.25, -0.2) is 0 Å². The molecule has 0 N–H and O–H groups in total. The normalized spacial score (nSPS) is 15.7. The van der Waals surface area contributed by atoms with Crippen LogP contribution in [-0.4, -0.2) is 20.0 Å². The lowest BCUT2D eigenvalue weighted by Crippen LogP contribution is -2.09. The second-order valence-electron chi connectivity index (χ2n) is 4.82. The predicted molar refractivity (Wildman–Crippen MR) is 70.5 cm³/mol. The third kappa shape index (κ3) is 2.66. The van der Waals surface area contributed by atoms with Gasteiger partial charge in [-0.1, -0.05) is 31.7 Å². The van der Waals surface area contributed by atoms with Crippen molar-refractivity contribution < 1.29 is 14.3 Å². The van der Waals surface area contributed by atoms with Crippen LogP contribution in [0.5, 0.6) is 11.5 Å². The summed E-state index contributed by atoms with van der Waals surface area (Å²) in [7, 11) is 3.17. The molecule has 1 saturated carbocycles. The zero-order valence-electron chi connectivity index (χ0n) is 11.1. The Bertz CT molecular complexity index is 397. The van der Waals surface area contributed by atoms with Gasteiger partial charge in [0.15, 0.2) is 5.78 Å². The van der Waals surface area contributed by atoms with Crippen molar-refractivity contribution in [1.29, 1.82) is 0 Å².